The number of nitrogens with zero attached hydrogens (tertiary/aromatic N) is 1. The molecule has 0 aromatic heterocycles. The van der Waals surface area contributed by atoms with Gasteiger partial charge >= 0.3 is 0 Å². The molecule has 1 aliphatic heterocycles. The van der Waals surface area contributed by atoms with Crippen LogP contribution in [0.15, 0.2) is 30.3 Å². The van der Waals surface area contributed by atoms with Crippen LogP contribution >= 0.6 is 0 Å². The summed E-state index contributed by atoms with van der Waals surface area (Å²) >= 11 is 0. The third kappa shape index (κ3) is 3.80. The summed E-state index contributed by atoms with van der Waals surface area (Å²) in [5.41, 5.74) is 1.47. The minimum Gasteiger partial charge on any atom is -0.311 e. The molecule has 19 heavy (non-hydrogen) atoms. The molecule has 0 saturated carbocycles. The molecule has 1 aromatic carbocycles. The Labute approximate surface area is 118 Å². The van der Waals surface area contributed by atoms with Crippen LogP contribution in [0.1, 0.15) is 45.7 Å². The van der Waals surface area contributed by atoms with Crippen LogP contribution in [-0.2, 0) is 0 Å². The number of rotatable bonds is 4. The molecule has 3 unspecified atom stereocenters. The van der Waals surface area contributed by atoms with Gasteiger partial charge in [-0.2, -0.15) is 0 Å². The third-order valence-corrected chi connectivity index (χ3v) is 4.09. The van der Waals surface area contributed by atoms with Gasteiger partial charge in [0.25, 0.3) is 0 Å². The maximum atomic E-state index is 3.58. The smallest absolute Gasteiger partial charge is 0.0354 e. The van der Waals surface area contributed by atoms with Gasteiger partial charge in [0.05, 0.1) is 0 Å². The molecule has 1 aliphatic rings. The fourth-order valence-corrected chi connectivity index (χ4v) is 3.07. The van der Waals surface area contributed by atoms with E-state index in [1.54, 1.807) is 0 Å². The van der Waals surface area contributed by atoms with Crippen molar-refractivity contribution in [2.75, 3.05) is 13.1 Å². The molecule has 1 N–H and O–H groups in total. The van der Waals surface area contributed by atoms with E-state index in [1.165, 1.54) is 12.0 Å². The van der Waals surface area contributed by atoms with E-state index in [0.717, 1.165) is 19.0 Å². The van der Waals surface area contributed by atoms with Crippen LogP contribution in [0.4, 0.5) is 0 Å². The zero-order valence-electron chi connectivity index (χ0n) is 12.8. The van der Waals surface area contributed by atoms with Gasteiger partial charge in [-0.05, 0) is 31.7 Å². The molecule has 0 aliphatic carbocycles. The van der Waals surface area contributed by atoms with Crippen molar-refractivity contribution in [1.29, 1.82) is 0 Å². The molecule has 1 fully saturated rings. The summed E-state index contributed by atoms with van der Waals surface area (Å²) < 4.78 is 0. The maximum Gasteiger partial charge on any atom is 0.0354 e. The Bertz CT molecular complexity index is 374. The highest BCUT2D eigenvalue weighted by Gasteiger charge is 2.29. The first-order chi connectivity index (χ1) is 9.08. The van der Waals surface area contributed by atoms with E-state index < -0.39 is 0 Å². The van der Waals surface area contributed by atoms with Gasteiger partial charge in [-0.3, -0.25) is 4.90 Å². The standard InChI is InChI=1S/C17H28N2/c1-13(2)10-17(16-8-6-5-7-9-16)19-12-14(3)18-11-15(19)4/h5-9,13-15,17-18H,10-12H2,1-4H3. The maximum absolute atomic E-state index is 3.58. The molecular formula is C17H28N2. The van der Waals surface area contributed by atoms with Gasteiger partial charge in [0.15, 0.2) is 0 Å². The van der Waals surface area contributed by atoms with Crippen LogP contribution in [0.5, 0.6) is 0 Å². The highest BCUT2D eigenvalue weighted by atomic mass is 15.2. The lowest BCUT2D eigenvalue weighted by Gasteiger charge is -2.43. The number of hydrogen-bond acceptors (Lipinski definition) is 2. The first kappa shape index (κ1) is 14.5. The fraction of sp³-hybridized carbons (Fsp3) is 0.647. The molecule has 2 nitrogen and oxygen atoms in total. The quantitative estimate of drug-likeness (QED) is 0.892. The minimum atomic E-state index is 0.556. The molecule has 0 radical (unpaired) electrons. The Kier molecular flexibility index (Phi) is 5.00. The van der Waals surface area contributed by atoms with E-state index in [4.69, 9.17) is 0 Å². The normalized spacial score (nSPS) is 26.6. The molecule has 1 aromatic rings. The SMILES string of the molecule is CC(C)CC(c1ccccc1)N1CC(C)NCC1C. The topological polar surface area (TPSA) is 15.3 Å². The molecule has 0 bridgehead atoms. The zero-order chi connectivity index (χ0) is 13.8. The highest BCUT2D eigenvalue weighted by molar-refractivity contribution is 5.19. The predicted molar refractivity (Wildman–Crippen MR) is 82.3 cm³/mol. The summed E-state index contributed by atoms with van der Waals surface area (Å²) in [5.74, 6) is 0.725. The third-order valence-electron chi connectivity index (χ3n) is 4.09. The van der Waals surface area contributed by atoms with Crippen LogP contribution in [0, 0.1) is 5.92 Å². The Morgan fingerprint density at radius 3 is 2.53 bits per heavy atom. The average molecular weight is 260 g/mol. The van der Waals surface area contributed by atoms with Crippen LogP contribution in [0.2, 0.25) is 0 Å². The van der Waals surface area contributed by atoms with Gasteiger partial charge in [-0.1, -0.05) is 44.2 Å². The van der Waals surface area contributed by atoms with Crippen LogP contribution in [0.3, 0.4) is 0 Å². The molecule has 1 saturated heterocycles. The number of hydrogen-bond donors (Lipinski definition) is 1. The van der Waals surface area contributed by atoms with Gasteiger partial charge < -0.3 is 5.32 Å². The summed E-state index contributed by atoms with van der Waals surface area (Å²) in [6, 6.07) is 12.8. The first-order valence-electron chi connectivity index (χ1n) is 7.62. The zero-order valence-corrected chi connectivity index (χ0v) is 12.8. The summed E-state index contributed by atoms with van der Waals surface area (Å²) in [7, 11) is 0. The second kappa shape index (κ2) is 6.53. The average Bonchev–Trinajstić information content (AvgIpc) is 2.40. The van der Waals surface area contributed by atoms with Crippen molar-refractivity contribution in [2.45, 2.75) is 52.2 Å². The molecular weight excluding hydrogens is 232 g/mol. The van der Waals surface area contributed by atoms with Crippen molar-refractivity contribution in [3.63, 3.8) is 0 Å². The molecule has 2 heteroatoms. The van der Waals surface area contributed by atoms with E-state index in [-0.39, 0.29) is 0 Å². The first-order valence-corrected chi connectivity index (χ1v) is 7.62. The van der Waals surface area contributed by atoms with Crippen molar-refractivity contribution in [2.24, 2.45) is 5.92 Å². The van der Waals surface area contributed by atoms with Crippen molar-refractivity contribution >= 4 is 0 Å². The van der Waals surface area contributed by atoms with Gasteiger partial charge in [-0.15, -0.1) is 0 Å². The number of nitrogens with one attached hydrogen (secondary N) is 1. The summed E-state index contributed by atoms with van der Waals surface area (Å²) in [6.45, 7) is 11.5. The second-order valence-corrected chi connectivity index (χ2v) is 6.41. The molecule has 1 heterocycles. The van der Waals surface area contributed by atoms with E-state index >= 15 is 0 Å². The van der Waals surface area contributed by atoms with Crippen molar-refractivity contribution in [1.82, 2.24) is 10.2 Å². The Morgan fingerprint density at radius 2 is 1.89 bits per heavy atom. The molecule has 2 rings (SSSR count). The van der Waals surface area contributed by atoms with Crippen LogP contribution in [-0.4, -0.2) is 30.1 Å². The lowest BCUT2D eigenvalue weighted by Crippen LogP contribution is -2.55. The van der Waals surface area contributed by atoms with Crippen molar-refractivity contribution < 1.29 is 0 Å². The highest BCUT2D eigenvalue weighted by Crippen LogP contribution is 2.30. The Morgan fingerprint density at radius 1 is 1.21 bits per heavy atom. The largest absolute Gasteiger partial charge is 0.311 e. The second-order valence-electron chi connectivity index (χ2n) is 6.41. The van der Waals surface area contributed by atoms with Crippen LogP contribution < -0.4 is 5.32 Å². The molecule has 106 valence electrons. The summed E-state index contributed by atoms with van der Waals surface area (Å²) in [6.07, 6.45) is 1.24. The monoisotopic (exact) mass is 260 g/mol. The lowest BCUT2D eigenvalue weighted by molar-refractivity contribution is 0.0826. The predicted octanol–water partition coefficient (Wildman–Crippen LogP) is 3.46. The lowest BCUT2D eigenvalue weighted by atomic mass is 9.93. The Balaban J connectivity index is 2.21. The van der Waals surface area contributed by atoms with E-state index in [9.17, 15) is 0 Å². The summed E-state index contributed by atoms with van der Waals surface area (Å²) in [5, 5.41) is 3.58. The van der Waals surface area contributed by atoms with E-state index in [1.807, 2.05) is 0 Å². The minimum absolute atomic E-state index is 0.556. The number of benzene rings is 1. The molecule has 0 spiro atoms. The fourth-order valence-electron chi connectivity index (χ4n) is 3.07. The van der Waals surface area contributed by atoms with E-state index in [2.05, 4.69) is 68.2 Å². The van der Waals surface area contributed by atoms with Gasteiger partial charge in [-0.25, -0.2) is 0 Å². The van der Waals surface area contributed by atoms with Crippen molar-refractivity contribution in [3.8, 4) is 0 Å². The molecule has 3 atom stereocenters. The molecule has 0 amide bonds. The van der Waals surface area contributed by atoms with Crippen LogP contribution in [0.25, 0.3) is 0 Å². The van der Waals surface area contributed by atoms with Gasteiger partial charge in [0.2, 0.25) is 0 Å². The van der Waals surface area contributed by atoms with E-state index in [0.29, 0.717) is 18.1 Å². The Hall–Kier alpha value is -0.860. The van der Waals surface area contributed by atoms with Gasteiger partial charge in [0.1, 0.15) is 0 Å². The number of piperazine rings is 1. The van der Waals surface area contributed by atoms with Gasteiger partial charge in [0, 0.05) is 31.2 Å². The summed E-state index contributed by atoms with van der Waals surface area (Å²) in [4.78, 5) is 2.69. The van der Waals surface area contributed by atoms with Crippen molar-refractivity contribution in [3.05, 3.63) is 35.9 Å².